The van der Waals surface area contributed by atoms with Crippen molar-refractivity contribution in [2.45, 2.75) is 92.9 Å². The van der Waals surface area contributed by atoms with Crippen LogP contribution in [0.1, 0.15) is 6.92 Å². The monoisotopic (exact) mass is 543 g/mol. The lowest BCUT2D eigenvalue weighted by Crippen LogP contribution is -2.68. The van der Waals surface area contributed by atoms with Crippen molar-refractivity contribution in [3.63, 3.8) is 0 Å². The number of rotatable bonds is 8. The first-order valence-electron chi connectivity index (χ1n) is 11.4. The molecule has 3 aliphatic rings. The number of hydrogen-bond donors (Lipinski definition) is 9. The molecule has 3 heterocycles. The number of hydrogen-bond acceptors (Lipinski definition) is 15. The minimum absolute atomic E-state index is 0.834. The van der Waals surface area contributed by atoms with Crippen LogP contribution in [0.4, 0.5) is 0 Å². The van der Waals surface area contributed by atoms with Crippen LogP contribution in [-0.2, 0) is 38.0 Å². The number of nitrogens with two attached hydrogens (primary N) is 1. The average molecular weight is 543 g/mol. The van der Waals surface area contributed by atoms with Gasteiger partial charge in [-0.1, -0.05) is 6.92 Å². The highest BCUT2D eigenvalue weighted by Gasteiger charge is 2.54. The zero-order valence-corrected chi connectivity index (χ0v) is 19.8. The van der Waals surface area contributed by atoms with E-state index in [1.807, 2.05) is 0 Å². The van der Waals surface area contributed by atoms with E-state index in [0.29, 0.717) is 0 Å². The SMILES string of the molecule is CO[C@@H]1OC(C(=O)O)[C@@H](O[C@H]2OC(CO)[C@@H](O[C@@H]3OC(C(=O)O)[C@@H](C)[C@H](O)C3O)[C@H](O)C2N)[C@H](O)C1O. The van der Waals surface area contributed by atoms with Gasteiger partial charge in [-0.3, -0.25) is 0 Å². The van der Waals surface area contributed by atoms with E-state index in [9.17, 15) is 50.4 Å². The molecular weight excluding hydrogens is 510 g/mol. The van der Waals surface area contributed by atoms with Crippen molar-refractivity contribution >= 4 is 11.9 Å². The Morgan fingerprint density at radius 3 is 1.84 bits per heavy atom. The number of aliphatic hydroxyl groups excluding tert-OH is 6. The Morgan fingerprint density at radius 2 is 1.30 bits per heavy atom. The number of aliphatic carboxylic acids is 2. The molecule has 3 fully saturated rings. The molecule has 0 radical (unpaired) electrons. The van der Waals surface area contributed by atoms with E-state index >= 15 is 0 Å². The number of carboxylic acid groups (broad SMARTS) is 2. The van der Waals surface area contributed by atoms with Crippen molar-refractivity contribution in [2.24, 2.45) is 11.7 Å². The number of aliphatic hydroxyl groups is 6. The summed E-state index contributed by atoms with van der Waals surface area (Å²) in [6, 6.07) is -1.52. The van der Waals surface area contributed by atoms with Crippen molar-refractivity contribution in [1.29, 1.82) is 0 Å². The summed E-state index contributed by atoms with van der Waals surface area (Å²) in [5.41, 5.74) is 6.00. The highest BCUT2D eigenvalue weighted by Crippen LogP contribution is 2.33. The van der Waals surface area contributed by atoms with Crippen LogP contribution in [0.25, 0.3) is 0 Å². The van der Waals surface area contributed by atoms with E-state index in [1.54, 1.807) is 0 Å². The molecule has 0 aromatic rings. The smallest absolute Gasteiger partial charge is 0.335 e. The van der Waals surface area contributed by atoms with Crippen LogP contribution in [0, 0.1) is 5.92 Å². The van der Waals surface area contributed by atoms with Crippen molar-refractivity contribution in [2.75, 3.05) is 13.7 Å². The predicted octanol–water partition coefficient (Wildman–Crippen LogP) is -5.49. The summed E-state index contributed by atoms with van der Waals surface area (Å²) < 4.78 is 31.7. The molecule has 15 atom stereocenters. The second kappa shape index (κ2) is 12.1. The lowest BCUT2D eigenvalue weighted by atomic mass is 9.90. The fourth-order valence-corrected chi connectivity index (χ4v) is 4.47. The third-order valence-electron chi connectivity index (χ3n) is 6.67. The summed E-state index contributed by atoms with van der Waals surface area (Å²) in [6.07, 6.45) is -21.7. The molecule has 3 saturated heterocycles. The molecule has 0 spiro atoms. The largest absolute Gasteiger partial charge is 0.479 e. The molecule has 0 amide bonds. The van der Waals surface area contributed by atoms with Gasteiger partial charge in [0.05, 0.1) is 18.8 Å². The Balaban J connectivity index is 1.76. The van der Waals surface area contributed by atoms with Gasteiger partial charge >= 0.3 is 11.9 Å². The Labute approximate surface area is 209 Å². The summed E-state index contributed by atoms with van der Waals surface area (Å²) in [7, 11) is 1.12. The number of carbonyl (C=O) groups is 2. The molecule has 17 heteroatoms. The molecule has 0 saturated carbocycles. The highest BCUT2D eigenvalue weighted by molar-refractivity contribution is 5.73. The van der Waals surface area contributed by atoms with Gasteiger partial charge in [-0.15, -0.1) is 0 Å². The van der Waals surface area contributed by atoms with Gasteiger partial charge in [0.15, 0.2) is 31.1 Å². The second-order valence-corrected chi connectivity index (χ2v) is 9.08. The lowest BCUT2D eigenvalue weighted by molar-refractivity contribution is -0.357. The second-order valence-electron chi connectivity index (χ2n) is 9.08. The van der Waals surface area contributed by atoms with Gasteiger partial charge in [0.25, 0.3) is 0 Å². The fourth-order valence-electron chi connectivity index (χ4n) is 4.47. The van der Waals surface area contributed by atoms with Gasteiger partial charge in [0.2, 0.25) is 0 Å². The molecule has 3 aliphatic heterocycles. The molecule has 3 rings (SSSR count). The maximum Gasteiger partial charge on any atom is 0.335 e. The maximum atomic E-state index is 11.7. The molecule has 214 valence electrons. The summed E-state index contributed by atoms with van der Waals surface area (Å²) in [5, 5.41) is 80.6. The van der Waals surface area contributed by atoms with Crippen LogP contribution in [0.5, 0.6) is 0 Å². The first-order valence-corrected chi connectivity index (χ1v) is 11.4. The van der Waals surface area contributed by atoms with E-state index in [4.69, 9.17) is 34.2 Å². The summed E-state index contributed by atoms with van der Waals surface area (Å²) in [6.45, 7) is 0.508. The standard InChI is InChI=1S/C20H33NO16/c1-4-7(23)10(26)20(34-12(4)16(28)29)35-13-5(3-22)33-18(6(21)8(13)24)36-14-9(25)11(27)19(32-2)37-15(14)17(30)31/h4-15,18-20,22-27H,3,21H2,1-2H3,(H,28,29)(H,30,31)/t4-,5?,6?,7-,8+,9+,10?,11?,12?,13+,14-,15?,18+,19+,20-/m0/s1. The van der Waals surface area contributed by atoms with Gasteiger partial charge in [0.1, 0.15) is 42.7 Å². The van der Waals surface area contributed by atoms with Crippen LogP contribution in [0.15, 0.2) is 0 Å². The van der Waals surface area contributed by atoms with Gasteiger partial charge in [-0.05, 0) is 0 Å². The summed E-state index contributed by atoms with van der Waals surface area (Å²) in [5.74, 6) is -4.02. The zero-order valence-electron chi connectivity index (χ0n) is 19.8. The van der Waals surface area contributed by atoms with Crippen LogP contribution >= 0.6 is 0 Å². The minimum atomic E-state index is -1.85. The Hall–Kier alpha value is -1.58. The molecule has 6 unspecified atom stereocenters. The first-order chi connectivity index (χ1) is 17.3. The lowest BCUT2D eigenvalue weighted by Gasteiger charge is -2.48. The highest BCUT2D eigenvalue weighted by atomic mass is 16.8. The Kier molecular flexibility index (Phi) is 9.78. The molecule has 0 bridgehead atoms. The fraction of sp³-hybridized carbons (Fsp3) is 0.900. The third kappa shape index (κ3) is 5.88. The molecule has 10 N–H and O–H groups in total. The molecule has 0 aliphatic carbocycles. The quantitative estimate of drug-likeness (QED) is 0.138. The average Bonchev–Trinajstić information content (AvgIpc) is 2.85. The minimum Gasteiger partial charge on any atom is -0.479 e. The summed E-state index contributed by atoms with van der Waals surface area (Å²) in [4.78, 5) is 23.1. The van der Waals surface area contributed by atoms with Crippen molar-refractivity contribution in [3.8, 4) is 0 Å². The third-order valence-corrected chi connectivity index (χ3v) is 6.67. The summed E-state index contributed by atoms with van der Waals surface area (Å²) >= 11 is 0. The van der Waals surface area contributed by atoms with Gasteiger partial charge in [-0.2, -0.15) is 0 Å². The van der Waals surface area contributed by atoms with E-state index < -0.39 is 110 Å². The molecule has 37 heavy (non-hydrogen) atoms. The van der Waals surface area contributed by atoms with Crippen LogP contribution in [0.2, 0.25) is 0 Å². The van der Waals surface area contributed by atoms with E-state index in [1.165, 1.54) is 6.92 Å². The Morgan fingerprint density at radius 1 is 0.757 bits per heavy atom. The van der Waals surface area contributed by atoms with Gasteiger partial charge in [0, 0.05) is 13.0 Å². The van der Waals surface area contributed by atoms with E-state index in [-0.39, 0.29) is 0 Å². The topological polar surface area (TPSA) is 277 Å². The predicted molar refractivity (Wildman–Crippen MR) is 112 cm³/mol. The van der Waals surface area contributed by atoms with Crippen LogP contribution < -0.4 is 5.73 Å². The van der Waals surface area contributed by atoms with Crippen LogP contribution in [0.3, 0.4) is 0 Å². The molecule has 17 nitrogen and oxygen atoms in total. The molecular formula is C20H33NO16. The Bertz CT molecular complexity index is 800. The van der Waals surface area contributed by atoms with Crippen molar-refractivity contribution in [1.82, 2.24) is 0 Å². The molecule has 0 aromatic carbocycles. The maximum absolute atomic E-state index is 11.7. The van der Waals surface area contributed by atoms with Gasteiger partial charge < -0.3 is 75.0 Å². The van der Waals surface area contributed by atoms with Crippen molar-refractivity contribution in [3.05, 3.63) is 0 Å². The number of ether oxygens (including phenoxy) is 6. The van der Waals surface area contributed by atoms with Crippen molar-refractivity contribution < 1.29 is 78.9 Å². The van der Waals surface area contributed by atoms with E-state index in [2.05, 4.69) is 0 Å². The first kappa shape index (κ1) is 30.0. The molecule has 0 aromatic heterocycles. The van der Waals surface area contributed by atoms with Crippen LogP contribution in [-0.4, -0.2) is 152 Å². The number of methoxy groups -OCH3 is 1. The van der Waals surface area contributed by atoms with E-state index in [0.717, 1.165) is 7.11 Å². The number of carboxylic acids is 2. The zero-order chi connectivity index (χ0) is 27.8. The normalized spacial score (nSPS) is 48.9. The van der Waals surface area contributed by atoms with Gasteiger partial charge in [-0.25, -0.2) is 9.59 Å².